The maximum atomic E-state index is 13.0. The Morgan fingerprint density at radius 3 is 2.85 bits per heavy atom. The lowest BCUT2D eigenvalue weighted by molar-refractivity contribution is -0.140. The molecule has 1 aromatic heterocycles. The lowest BCUT2D eigenvalue weighted by Gasteiger charge is -2.34. The highest BCUT2D eigenvalue weighted by Crippen LogP contribution is 2.41. The first-order valence-electron chi connectivity index (χ1n) is 6.98. The van der Waals surface area contributed by atoms with E-state index in [-0.39, 0.29) is 11.1 Å². The molecule has 3 nitrogen and oxygen atoms in total. The van der Waals surface area contributed by atoms with Gasteiger partial charge in [-0.25, -0.2) is 4.98 Å². The van der Waals surface area contributed by atoms with Gasteiger partial charge in [0.1, 0.15) is 0 Å². The number of anilines is 1. The van der Waals surface area contributed by atoms with E-state index in [2.05, 4.69) is 10.3 Å². The molecule has 0 aliphatic carbocycles. The SMILES string of the molecule is FC(F)(F)c1ncccc1N1CCC2(CCCNC2)C1. The second kappa shape index (κ2) is 4.91. The number of alkyl halides is 3. The van der Waals surface area contributed by atoms with Gasteiger partial charge >= 0.3 is 6.18 Å². The van der Waals surface area contributed by atoms with E-state index in [4.69, 9.17) is 0 Å². The third kappa shape index (κ3) is 2.49. The molecule has 3 heterocycles. The number of aromatic nitrogens is 1. The van der Waals surface area contributed by atoms with Gasteiger partial charge in [-0.2, -0.15) is 13.2 Å². The first kappa shape index (κ1) is 13.7. The Morgan fingerprint density at radius 2 is 2.15 bits per heavy atom. The molecule has 6 heteroatoms. The zero-order valence-corrected chi connectivity index (χ0v) is 11.2. The maximum Gasteiger partial charge on any atom is 0.435 e. The molecule has 0 radical (unpaired) electrons. The van der Waals surface area contributed by atoms with Gasteiger partial charge < -0.3 is 10.2 Å². The molecule has 1 aromatic rings. The number of hydrogen-bond donors (Lipinski definition) is 1. The molecule has 0 amide bonds. The maximum absolute atomic E-state index is 13.0. The predicted molar refractivity (Wildman–Crippen MR) is 70.6 cm³/mol. The van der Waals surface area contributed by atoms with Crippen LogP contribution >= 0.6 is 0 Å². The van der Waals surface area contributed by atoms with Gasteiger partial charge in [0.15, 0.2) is 5.69 Å². The zero-order valence-electron chi connectivity index (χ0n) is 11.2. The lowest BCUT2D eigenvalue weighted by atomic mass is 9.80. The third-order valence-electron chi connectivity index (χ3n) is 4.39. The summed E-state index contributed by atoms with van der Waals surface area (Å²) in [5, 5.41) is 3.37. The van der Waals surface area contributed by atoms with Crippen molar-refractivity contribution >= 4 is 5.69 Å². The van der Waals surface area contributed by atoms with Crippen LogP contribution in [0.4, 0.5) is 18.9 Å². The van der Waals surface area contributed by atoms with Crippen molar-refractivity contribution in [3.63, 3.8) is 0 Å². The molecule has 1 atom stereocenters. The molecule has 0 aromatic carbocycles. The van der Waals surface area contributed by atoms with Crippen molar-refractivity contribution in [2.45, 2.75) is 25.4 Å². The Balaban J connectivity index is 1.84. The summed E-state index contributed by atoms with van der Waals surface area (Å²) in [5.74, 6) is 0. The topological polar surface area (TPSA) is 28.2 Å². The van der Waals surface area contributed by atoms with Crippen LogP contribution in [-0.2, 0) is 6.18 Å². The Hall–Kier alpha value is -1.30. The molecular formula is C14H18F3N3. The molecule has 2 aliphatic rings. The molecule has 2 saturated heterocycles. The van der Waals surface area contributed by atoms with Gasteiger partial charge in [0.2, 0.25) is 0 Å². The van der Waals surface area contributed by atoms with Crippen LogP contribution in [0.15, 0.2) is 18.3 Å². The van der Waals surface area contributed by atoms with Gasteiger partial charge in [-0.15, -0.1) is 0 Å². The number of rotatable bonds is 1. The number of nitrogens with zero attached hydrogens (tertiary/aromatic N) is 2. The van der Waals surface area contributed by atoms with Crippen LogP contribution in [0, 0.1) is 5.41 Å². The van der Waals surface area contributed by atoms with Crippen molar-refractivity contribution in [3.05, 3.63) is 24.0 Å². The lowest BCUT2D eigenvalue weighted by Crippen LogP contribution is -2.42. The largest absolute Gasteiger partial charge is 0.435 e. The molecule has 3 rings (SSSR count). The van der Waals surface area contributed by atoms with Gasteiger partial charge in [0.25, 0.3) is 0 Å². The molecule has 110 valence electrons. The average Bonchev–Trinajstić information content (AvgIpc) is 2.82. The molecule has 0 saturated carbocycles. The minimum Gasteiger partial charge on any atom is -0.369 e. The highest BCUT2D eigenvalue weighted by atomic mass is 19.4. The van der Waals surface area contributed by atoms with Crippen molar-refractivity contribution in [3.8, 4) is 0 Å². The fourth-order valence-corrected chi connectivity index (χ4v) is 3.39. The first-order valence-corrected chi connectivity index (χ1v) is 6.98. The van der Waals surface area contributed by atoms with Gasteiger partial charge in [-0.1, -0.05) is 0 Å². The monoisotopic (exact) mass is 285 g/mol. The smallest absolute Gasteiger partial charge is 0.369 e. The van der Waals surface area contributed by atoms with Gasteiger partial charge in [0.05, 0.1) is 5.69 Å². The van der Waals surface area contributed by atoms with Gasteiger partial charge in [-0.3, -0.25) is 0 Å². The van der Waals surface area contributed by atoms with Crippen LogP contribution in [0.3, 0.4) is 0 Å². The summed E-state index contributed by atoms with van der Waals surface area (Å²) in [6, 6.07) is 3.11. The Kier molecular flexibility index (Phi) is 3.36. The number of piperidine rings is 1. The van der Waals surface area contributed by atoms with E-state index in [1.54, 1.807) is 6.07 Å². The van der Waals surface area contributed by atoms with Crippen LogP contribution < -0.4 is 10.2 Å². The number of hydrogen-bond acceptors (Lipinski definition) is 3. The molecule has 1 N–H and O–H groups in total. The van der Waals surface area contributed by atoms with E-state index in [0.717, 1.165) is 32.4 Å². The van der Waals surface area contributed by atoms with Crippen molar-refractivity contribution < 1.29 is 13.2 Å². The van der Waals surface area contributed by atoms with E-state index in [1.807, 2.05) is 4.90 Å². The number of pyridine rings is 1. The van der Waals surface area contributed by atoms with Crippen molar-refractivity contribution in [2.75, 3.05) is 31.1 Å². The summed E-state index contributed by atoms with van der Waals surface area (Å²) in [5.41, 5.74) is -0.403. The van der Waals surface area contributed by atoms with E-state index in [1.165, 1.54) is 12.3 Å². The fourth-order valence-electron chi connectivity index (χ4n) is 3.39. The molecule has 2 aliphatic heterocycles. The van der Waals surface area contributed by atoms with E-state index in [9.17, 15) is 13.2 Å². The molecule has 20 heavy (non-hydrogen) atoms. The molecule has 0 bridgehead atoms. The predicted octanol–water partition coefficient (Wildman–Crippen LogP) is 2.68. The van der Waals surface area contributed by atoms with Crippen molar-refractivity contribution in [1.29, 1.82) is 0 Å². The van der Waals surface area contributed by atoms with Crippen LogP contribution in [0.1, 0.15) is 25.0 Å². The molecular weight excluding hydrogens is 267 g/mol. The van der Waals surface area contributed by atoms with E-state index < -0.39 is 11.9 Å². The van der Waals surface area contributed by atoms with Crippen molar-refractivity contribution in [2.24, 2.45) is 5.41 Å². The number of halogens is 3. The van der Waals surface area contributed by atoms with Gasteiger partial charge in [0, 0.05) is 31.2 Å². The summed E-state index contributed by atoms with van der Waals surface area (Å²) < 4.78 is 39.1. The summed E-state index contributed by atoms with van der Waals surface area (Å²) in [7, 11) is 0. The van der Waals surface area contributed by atoms with Crippen LogP contribution in [-0.4, -0.2) is 31.2 Å². The fraction of sp³-hybridized carbons (Fsp3) is 0.643. The minimum atomic E-state index is -4.39. The van der Waals surface area contributed by atoms with Crippen LogP contribution in [0.2, 0.25) is 0 Å². The van der Waals surface area contributed by atoms with Gasteiger partial charge in [-0.05, 0) is 37.9 Å². The van der Waals surface area contributed by atoms with Crippen LogP contribution in [0.25, 0.3) is 0 Å². The summed E-state index contributed by atoms with van der Waals surface area (Å²) in [6.45, 7) is 3.29. The minimum absolute atomic E-state index is 0.136. The summed E-state index contributed by atoms with van der Waals surface area (Å²) in [4.78, 5) is 5.40. The summed E-state index contributed by atoms with van der Waals surface area (Å²) in [6.07, 6.45) is -0.0329. The molecule has 2 fully saturated rings. The molecule has 1 unspecified atom stereocenters. The molecule has 1 spiro atoms. The Bertz CT molecular complexity index is 481. The average molecular weight is 285 g/mol. The highest BCUT2D eigenvalue weighted by Gasteiger charge is 2.42. The third-order valence-corrected chi connectivity index (χ3v) is 4.39. The van der Waals surface area contributed by atoms with E-state index >= 15 is 0 Å². The Morgan fingerprint density at radius 1 is 1.30 bits per heavy atom. The quantitative estimate of drug-likeness (QED) is 0.860. The second-order valence-corrected chi connectivity index (χ2v) is 5.82. The summed E-state index contributed by atoms with van der Waals surface area (Å²) >= 11 is 0. The normalized spacial score (nSPS) is 27.2. The van der Waals surface area contributed by atoms with Crippen LogP contribution in [0.5, 0.6) is 0 Å². The van der Waals surface area contributed by atoms with E-state index in [0.29, 0.717) is 13.1 Å². The second-order valence-electron chi connectivity index (χ2n) is 5.82. The zero-order chi connectivity index (χ0) is 14.2. The standard InChI is InChI=1S/C14H18F3N3/c15-14(16,17)12-11(3-1-7-19-12)20-8-5-13(10-20)4-2-6-18-9-13/h1,3,7,18H,2,4-6,8-10H2. The van der Waals surface area contributed by atoms with Crippen molar-refractivity contribution in [1.82, 2.24) is 10.3 Å². The highest BCUT2D eigenvalue weighted by molar-refractivity contribution is 5.53. The Labute approximate surface area is 116 Å². The number of nitrogens with one attached hydrogen (secondary N) is 1. The first-order chi connectivity index (χ1) is 9.50.